The second-order valence-corrected chi connectivity index (χ2v) is 3.68. The third kappa shape index (κ3) is 4.63. The van der Waals surface area contributed by atoms with E-state index in [9.17, 15) is 4.39 Å². The van der Waals surface area contributed by atoms with Crippen LogP contribution in [0.2, 0.25) is 0 Å². The molecular formula is C12H17FN4. The molecule has 5 heteroatoms. The van der Waals surface area contributed by atoms with Crippen molar-refractivity contribution in [1.29, 1.82) is 0 Å². The first kappa shape index (κ1) is 13.2. The van der Waals surface area contributed by atoms with Gasteiger partial charge in [-0.2, -0.15) is 5.10 Å². The minimum atomic E-state index is -0.273. The van der Waals surface area contributed by atoms with Crippen LogP contribution in [0.1, 0.15) is 31.7 Å². The maximum Gasteiger partial charge on any atom is 0.211 e. The van der Waals surface area contributed by atoms with Gasteiger partial charge in [0.15, 0.2) is 0 Å². The Morgan fingerprint density at radius 2 is 1.82 bits per heavy atom. The first-order valence-corrected chi connectivity index (χ1v) is 5.55. The van der Waals surface area contributed by atoms with Gasteiger partial charge in [0.25, 0.3) is 0 Å². The zero-order valence-electron chi connectivity index (χ0n) is 9.86. The molecular weight excluding hydrogens is 219 g/mol. The molecule has 0 aliphatic heterocycles. The van der Waals surface area contributed by atoms with Crippen molar-refractivity contribution in [3.8, 4) is 0 Å². The van der Waals surface area contributed by atoms with Crippen LogP contribution in [0.15, 0.2) is 34.5 Å². The lowest BCUT2D eigenvalue weighted by atomic mass is 10.1. The van der Waals surface area contributed by atoms with Crippen LogP contribution in [0.25, 0.3) is 0 Å². The summed E-state index contributed by atoms with van der Waals surface area (Å²) in [6, 6.07) is 6.14. The van der Waals surface area contributed by atoms with Crippen molar-refractivity contribution < 1.29 is 4.39 Å². The first-order chi connectivity index (χ1) is 8.13. The predicted molar refractivity (Wildman–Crippen MR) is 68.3 cm³/mol. The molecule has 0 amide bonds. The van der Waals surface area contributed by atoms with Gasteiger partial charge in [-0.3, -0.25) is 0 Å². The van der Waals surface area contributed by atoms with Crippen molar-refractivity contribution in [1.82, 2.24) is 0 Å². The van der Waals surface area contributed by atoms with E-state index < -0.39 is 0 Å². The fourth-order valence-electron chi connectivity index (χ4n) is 1.36. The van der Waals surface area contributed by atoms with Gasteiger partial charge >= 0.3 is 0 Å². The van der Waals surface area contributed by atoms with Gasteiger partial charge in [0.1, 0.15) is 5.82 Å². The number of benzene rings is 1. The molecule has 0 heterocycles. The average molecular weight is 236 g/mol. The molecule has 4 N–H and O–H groups in total. The summed E-state index contributed by atoms with van der Waals surface area (Å²) >= 11 is 0. The summed E-state index contributed by atoms with van der Waals surface area (Å²) in [5.74, 6) is -0.355. The number of rotatable bonds is 5. The highest BCUT2D eigenvalue weighted by Gasteiger charge is 2.03. The molecule has 0 unspecified atom stereocenters. The monoisotopic (exact) mass is 236 g/mol. The maximum absolute atomic E-state index is 12.8. The summed E-state index contributed by atoms with van der Waals surface area (Å²) in [6.07, 6.45) is 2.79. The summed E-state index contributed by atoms with van der Waals surface area (Å²) in [6.45, 7) is 2.09. The molecule has 0 spiro atoms. The third-order valence-corrected chi connectivity index (χ3v) is 2.23. The number of hydrogen-bond donors (Lipinski definition) is 2. The Balaban J connectivity index is 2.93. The summed E-state index contributed by atoms with van der Waals surface area (Å²) in [7, 11) is 0. The Labute approximate surface area is 100 Å². The molecule has 0 bridgehead atoms. The number of halogens is 1. The van der Waals surface area contributed by atoms with Gasteiger partial charge in [0, 0.05) is 0 Å². The molecule has 0 aliphatic rings. The second-order valence-electron chi connectivity index (χ2n) is 3.68. The van der Waals surface area contributed by atoms with E-state index in [1.165, 1.54) is 12.1 Å². The Morgan fingerprint density at radius 3 is 2.35 bits per heavy atom. The van der Waals surface area contributed by atoms with Gasteiger partial charge in [0.05, 0.1) is 5.71 Å². The van der Waals surface area contributed by atoms with Gasteiger partial charge < -0.3 is 11.5 Å². The number of unbranched alkanes of at least 4 members (excludes halogenated alkanes) is 1. The smallest absolute Gasteiger partial charge is 0.211 e. The van der Waals surface area contributed by atoms with Crippen LogP contribution in [0, 0.1) is 5.82 Å². The van der Waals surface area contributed by atoms with Gasteiger partial charge in [-0.1, -0.05) is 25.5 Å². The van der Waals surface area contributed by atoms with Crippen molar-refractivity contribution in [2.45, 2.75) is 26.2 Å². The Morgan fingerprint density at radius 1 is 1.18 bits per heavy atom. The maximum atomic E-state index is 12.8. The van der Waals surface area contributed by atoms with Crippen molar-refractivity contribution in [2.75, 3.05) is 0 Å². The van der Waals surface area contributed by atoms with Gasteiger partial charge in [-0.25, -0.2) is 4.39 Å². The lowest BCUT2D eigenvalue weighted by molar-refractivity contribution is 0.627. The Kier molecular flexibility index (Phi) is 5.13. The molecule has 0 fully saturated rings. The van der Waals surface area contributed by atoms with Crippen LogP contribution < -0.4 is 11.5 Å². The Bertz CT molecular complexity index is 405. The van der Waals surface area contributed by atoms with Crippen LogP contribution in [-0.4, -0.2) is 11.7 Å². The highest BCUT2D eigenvalue weighted by molar-refractivity contribution is 6.00. The average Bonchev–Trinajstić information content (AvgIpc) is 2.30. The standard InChI is InChI=1S/C12H17FN4/c1-2-3-4-11(16-17-12(14)15)9-5-7-10(13)8-6-9/h5-8H,2-4H2,1H3,(H4,14,15,17). The van der Waals surface area contributed by atoms with E-state index >= 15 is 0 Å². The zero-order chi connectivity index (χ0) is 12.7. The Hall–Kier alpha value is -1.91. The lowest BCUT2D eigenvalue weighted by Gasteiger charge is -2.04. The normalized spacial score (nSPS) is 11.3. The van der Waals surface area contributed by atoms with Gasteiger partial charge in [-0.15, -0.1) is 5.10 Å². The van der Waals surface area contributed by atoms with Crippen LogP contribution in [0.4, 0.5) is 4.39 Å². The van der Waals surface area contributed by atoms with E-state index in [0.717, 1.165) is 30.5 Å². The molecule has 0 aromatic heterocycles. The summed E-state index contributed by atoms with van der Waals surface area (Å²) in [4.78, 5) is 0. The minimum absolute atomic E-state index is 0.0823. The van der Waals surface area contributed by atoms with Crippen molar-refractivity contribution in [2.24, 2.45) is 21.7 Å². The van der Waals surface area contributed by atoms with Crippen LogP contribution in [0.3, 0.4) is 0 Å². The van der Waals surface area contributed by atoms with E-state index in [4.69, 9.17) is 11.5 Å². The quantitative estimate of drug-likeness (QED) is 0.466. The topological polar surface area (TPSA) is 76.8 Å². The number of nitrogens with two attached hydrogens (primary N) is 2. The largest absolute Gasteiger partial charge is 0.369 e. The summed E-state index contributed by atoms with van der Waals surface area (Å²) in [5.41, 5.74) is 12.1. The SMILES string of the molecule is CCCCC(=NN=C(N)N)c1ccc(F)cc1. The molecule has 1 rings (SSSR count). The highest BCUT2D eigenvalue weighted by atomic mass is 19.1. The van der Waals surface area contributed by atoms with E-state index in [0.29, 0.717) is 0 Å². The second kappa shape index (κ2) is 6.62. The molecule has 1 aromatic carbocycles. The highest BCUT2D eigenvalue weighted by Crippen LogP contribution is 2.10. The van der Waals surface area contributed by atoms with Crippen LogP contribution in [0.5, 0.6) is 0 Å². The lowest BCUT2D eigenvalue weighted by Crippen LogP contribution is -2.22. The number of nitrogens with zero attached hydrogens (tertiary/aromatic N) is 2. The van der Waals surface area contributed by atoms with E-state index in [-0.39, 0.29) is 11.8 Å². The van der Waals surface area contributed by atoms with Crippen molar-refractivity contribution >= 4 is 11.7 Å². The van der Waals surface area contributed by atoms with Crippen molar-refractivity contribution in [3.63, 3.8) is 0 Å². The first-order valence-electron chi connectivity index (χ1n) is 5.55. The molecule has 92 valence electrons. The fourth-order valence-corrected chi connectivity index (χ4v) is 1.36. The minimum Gasteiger partial charge on any atom is -0.369 e. The number of guanidine groups is 1. The van der Waals surface area contributed by atoms with E-state index in [1.54, 1.807) is 12.1 Å². The third-order valence-electron chi connectivity index (χ3n) is 2.23. The summed E-state index contributed by atoms with van der Waals surface area (Å²) in [5, 5.41) is 7.64. The number of hydrogen-bond acceptors (Lipinski definition) is 2. The molecule has 0 radical (unpaired) electrons. The molecule has 0 atom stereocenters. The molecule has 0 aliphatic carbocycles. The molecule has 4 nitrogen and oxygen atoms in total. The van der Waals surface area contributed by atoms with E-state index in [1.807, 2.05) is 0 Å². The molecule has 1 aromatic rings. The molecule has 0 saturated carbocycles. The van der Waals surface area contributed by atoms with Gasteiger partial charge in [-0.05, 0) is 30.5 Å². The summed E-state index contributed by atoms with van der Waals surface area (Å²) < 4.78 is 12.8. The van der Waals surface area contributed by atoms with Gasteiger partial charge in [0.2, 0.25) is 5.96 Å². The zero-order valence-corrected chi connectivity index (χ0v) is 9.86. The van der Waals surface area contributed by atoms with Crippen LogP contribution >= 0.6 is 0 Å². The van der Waals surface area contributed by atoms with Crippen LogP contribution in [-0.2, 0) is 0 Å². The fraction of sp³-hybridized carbons (Fsp3) is 0.333. The molecule has 17 heavy (non-hydrogen) atoms. The predicted octanol–water partition coefficient (Wildman–Crippen LogP) is 1.99. The molecule has 0 saturated heterocycles. The van der Waals surface area contributed by atoms with E-state index in [2.05, 4.69) is 17.1 Å². The van der Waals surface area contributed by atoms with Crippen molar-refractivity contribution in [3.05, 3.63) is 35.6 Å².